The summed E-state index contributed by atoms with van der Waals surface area (Å²) in [7, 11) is 0. The van der Waals surface area contributed by atoms with E-state index in [-0.39, 0.29) is 5.91 Å². The molecular weight excluding hydrogens is 341 g/mol. The predicted octanol–water partition coefficient (Wildman–Crippen LogP) is 3.59. The molecule has 0 aliphatic carbocycles. The number of amides is 1. The van der Waals surface area contributed by atoms with Gasteiger partial charge in [0, 0.05) is 32.7 Å². The van der Waals surface area contributed by atoms with Crippen molar-refractivity contribution in [1.82, 2.24) is 9.80 Å². The summed E-state index contributed by atoms with van der Waals surface area (Å²) in [5, 5.41) is 0. The van der Waals surface area contributed by atoms with Crippen molar-refractivity contribution in [1.29, 1.82) is 0 Å². The van der Waals surface area contributed by atoms with Crippen LogP contribution in [0.15, 0.2) is 54.6 Å². The Morgan fingerprint density at radius 3 is 2.19 bits per heavy atom. The zero-order chi connectivity index (χ0) is 18.6. The van der Waals surface area contributed by atoms with Crippen molar-refractivity contribution in [2.24, 2.45) is 0 Å². The molecule has 0 unspecified atom stereocenters. The fourth-order valence-electron chi connectivity index (χ4n) is 3.14. The molecular formula is C20H21F3N2O. The molecule has 1 aliphatic heterocycles. The molecule has 0 saturated carbocycles. The summed E-state index contributed by atoms with van der Waals surface area (Å²) < 4.78 is 38.4. The van der Waals surface area contributed by atoms with Crippen molar-refractivity contribution in [3.05, 3.63) is 71.3 Å². The van der Waals surface area contributed by atoms with Crippen molar-refractivity contribution in [2.45, 2.75) is 19.1 Å². The molecule has 1 heterocycles. The maximum absolute atomic E-state index is 12.8. The molecule has 0 radical (unpaired) electrons. The molecule has 0 bridgehead atoms. The second-order valence-electron chi connectivity index (χ2n) is 6.52. The minimum atomic E-state index is -4.32. The standard InChI is InChI=1S/C20H21F3N2O/c21-20(22,23)18-8-4-7-17(13-18)15-24-9-11-25(12-10-24)19(26)14-16-5-2-1-3-6-16/h1-8,13H,9-12,14-15H2. The SMILES string of the molecule is O=C(Cc1ccccc1)N1CCN(Cc2cccc(C(F)(F)F)c2)CC1. The molecule has 0 aromatic heterocycles. The maximum Gasteiger partial charge on any atom is 0.416 e. The number of hydrogen-bond donors (Lipinski definition) is 0. The number of carbonyl (C=O) groups is 1. The maximum atomic E-state index is 12.8. The predicted molar refractivity (Wildman–Crippen MR) is 93.4 cm³/mol. The van der Waals surface area contributed by atoms with Gasteiger partial charge in [-0.05, 0) is 17.2 Å². The number of carbonyl (C=O) groups excluding carboxylic acids is 1. The van der Waals surface area contributed by atoms with Crippen LogP contribution >= 0.6 is 0 Å². The zero-order valence-corrected chi connectivity index (χ0v) is 14.4. The molecule has 0 spiro atoms. The van der Waals surface area contributed by atoms with Gasteiger partial charge in [-0.2, -0.15) is 13.2 Å². The highest BCUT2D eigenvalue weighted by atomic mass is 19.4. The van der Waals surface area contributed by atoms with E-state index in [1.165, 1.54) is 12.1 Å². The van der Waals surface area contributed by atoms with E-state index in [0.717, 1.165) is 11.6 Å². The van der Waals surface area contributed by atoms with Gasteiger partial charge in [0.05, 0.1) is 12.0 Å². The van der Waals surface area contributed by atoms with Crippen molar-refractivity contribution >= 4 is 5.91 Å². The minimum Gasteiger partial charge on any atom is -0.340 e. The van der Waals surface area contributed by atoms with E-state index >= 15 is 0 Å². The summed E-state index contributed by atoms with van der Waals surface area (Å²) in [4.78, 5) is 16.3. The molecule has 1 aliphatic rings. The van der Waals surface area contributed by atoms with Crippen molar-refractivity contribution in [3.63, 3.8) is 0 Å². The minimum absolute atomic E-state index is 0.0925. The van der Waals surface area contributed by atoms with E-state index in [0.29, 0.717) is 44.7 Å². The van der Waals surface area contributed by atoms with E-state index in [4.69, 9.17) is 0 Å². The summed E-state index contributed by atoms with van der Waals surface area (Å²) in [5.41, 5.74) is 1.01. The smallest absolute Gasteiger partial charge is 0.340 e. The van der Waals surface area contributed by atoms with Gasteiger partial charge >= 0.3 is 6.18 Å². The first-order chi connectivity index (χ1) is 12.4. The van der Waals surface area contributed by atoms with Gasteiger partial charge in [0.2, 0.25) is 5.91 Å². The van der Waals surface area contributed by atoms with Crippen LogP contribution < -0.4 is 0 Å². The first-order valence-electron chi connectivity index (χ1n) is 8.62. The number of alkyl halides is 3. The van der Waals surface area contributed by atoms with E-state index < -0.39 is 11.7 Å². The van der Waals surface area contributed by atoms with Gasteiger partial charge in [0.15, 0.2) is 0 Å². The highest BCUT2D eigenvalue weighted by molar-refractivity contribution is 5.78. The van der Waals surface area contributed by atoms with Crippen molar-refractivity contribution in [3.8, 4) is 0 Å². The number of nitrogens with zero attached hydrogens (tertiary/aromatic N) is 2. The lowest BCUT2D eigenvalue weighted by molar-refractivity contribution is -0.137. The van der Waals surface area contributed by atoms with Gasteiger partial charge in [-0.15, -0.1) is 0 Å². The van der Waals surface area contributed by atoms with Crippen LogP contribution in [0.3, 0.4) is 0 Å². The third-order valence-corrected chi connectivity index (χ3v) is 4.58. The number of benzene rings is 2. The van der Waals surface area contributed by atoms with Crippen LogP contribution in [-0.2, 0) is 23.9 Å². The Balaban J connectivity index is 1.52. The first kappa shape index (κ1) is 18.5. The second kappa shape index (κ2) is 7.91. The van der Waals surface area contributed by atoms with Crippen LogP contribution in [0.4, 0.5) is 13.2 Å². The Bertz CT molecular complexity index is 738. The summed E-state index contributed by atoms with van der Waals surface area (Å²) in [5.74, 6) is 0.0925. The van der Waals surface area contributed by atoms with E-state index in [1.807, 2.05) is 35.2 Å². The average molecular weight is 362 g/mol. The van der Waals surface area contributed by atoms with Crippen LogP contribution in [0.1, 0.15) is 16.7 Å². The normalized spacial score (nSPS) is 15.9. The molecule has 138 valence electrons. The third-order valence-electron chi connectivity index (χ3n) is 4.58. The fourth-order valence-corrected chi connectivity index (χ4v) is 3.14. The van der Waals surface area contributed by atoms with Crippen LogP contribution in [0.2, 0.25) is 0 Å². The lowest BCUT2D eigenvalue weighted by atomic mass is 10.1. The Morgan fingerprint density at radius 2 is 1.54 bits per heavy atom. The molecule has 0 atom stereocenters. The molecule has 3 rings (SSSR count). The lowest BCUT2D eigenvalue weighted by Crippen LogP contribution is -2.48. The largest absolute Gasteiger partial charge is 0.416 e. The average Bonchev–Trinajstić information content (AvgIpc) is 2.63. The molecule has 1 amide bonds. The van der Waals surface area contributed by atoms with Gasteiger partial charge in [0.1, 0.15) is 0 Å². The Morgan fingerprint density at radius 1 is 0.885 bits per heavy atom. The highest BCUT2D eigenvalue weighted by Crippen LogP contribution is 2.29. The Kier molecular flexibility index (Phi) is 5.61. The first-order valence-corrected chi connectivity index (χ1v) is 8.62. The number of halogens is 3. The summed E-state index contributed by atoms with van der Waals surface area (Å²) >= 11 is 0. The van der Waals surface area contributed by atoms with E-state index in [2.05, 4.69) is 4.90 Å². The number of hydrogen-bond acceptors (Lipinski definition) is 2. The molecule has 3 nitrogen and oxygen atoms in total. The van der Waals surface area contributed by atoms with Crippen molar-refractivity contribution < 1.29 is 18.0 Å². The van der Waals surface area contributed by atoms with Crippen LogP contribution in [0.25, 0.3) is 0 Å². The number of rotatable bonds is 4. The van der Waals surface area contributed by atoms with Crippen LogP contribution in [0.5, 0.6) is 0 Å². The van der Waals surface area contributed by atoms with Gasteiger partial charge in [-0.25, -0.2) is 0 Å². The van der Waals surface area contributed by atoms with Crippen LogP contribution in [0, 0.1) is 0 Å². The van der Waals surface area contributed by atoms with Gasteiger partial charge in [0.25, 0.3) is 0 Å². The van der Waals surface area contributed by atoms with Gasteiger partial charge in [-0.3, -0.25) is 9.69 Å². The highest BCUT2D eigenvalue weighted by Gasteiger charge is 2.30. The Hall–Kier alpha value is -2.34. The van der Waals surface area contributed by atoms with Crippen LogP contribution in [-0.4, -0.2) is 41.9 Å². The summed E-state index contributed by atoms with van der Waals surface area (Å²) in [6, 6.07) is 15.0. The van der Waals surface area contributed by atoms with E-state index in [9.17, 15) is 18.0 Å². The zero-order valence-electron chi connectivity index (χ0n) is 14.4. The van der Waals surface area contributed by atoms with Gasteiger partial charge < -0.3 is 4.90 Å². The molecule has 2 aromatic carbocycles. The lowest BCUT2D eigenvalue weighted by Gasteiger charge is -2.35. The topological polar surface area (TPSA) is 23.6 Å². The molecule has 2 aromatic rings. The fraction of sp³-hybridized carbons (Fsp3) is 0.350. The summed E-state index contributed by atoms with van der Waals surface area (Å²) in [6.45, 7) is 2.99. The molecule has 1 saturated heterocycles. The van der Waals surface area contributed by atoms with Crippen molar-refractivity contribution in [2.75, 3.05) is 26.2 Å². The molecule has 6 heteroatoms. The monoisotopic (exact) mass is 362 g/mol. The summed E-state index contributed by atoms with van der Waals surface area (Å²) in [6.07, 6.45) is -3.94. The molecule has 26 heavy (non-hydrogen) atoms. The quantitative estimate of drug-likeness (QED) is 0.830. The van der Waals surface area contributed by atoms with Gasteiger partial charge in [-0.1, -0.05) is 48.5 Å². The molecule has 0 N–H and O–H groups in total. The molecule has 1 fully saturated rings. The number of piperazine rings is 1. The Labute approximate surface area is 151 Å². The second-order valence-corrected chi connectivity index (χ2v) is 6.52. The third kappa shape index (κ3) is 4.85. The van der Waals surface area contributed by atoms with E-state index in [1.54, 1.807) is 6.07 Å².